The van der Waals surface area contributed by atoms with Crippen molar-refractivity contribution in [3.63, 3.8) is 0 Å². The van der Waals surface area contributed by atoms with Gasteiger partial charge in [-0.3, -0.25) is 0 Å². The van der Waals surface area contributed by atoms with Crippen LogP contribution in [0.1, 0.15) is 30.9 Å². The maximum atomic E-state index is 14.1. The van der Waals surface area contributed by atoms with Gasteiger partial charge in [-0.25, -0.2) is 4.39 Å². The van der Waals surface area contributed by atoms with Gasteiger partial charge in [-0.05, 0) is 43.0 Å². The Kier molecular flexibility index (Phi) is 4.20. The summed E-state index contributed by atoms with van der Waals surface area (Å²) in [6.45, 7) is 2.73. The van der Waals surface area contributed by atoms with Crippen LogP contribution in [-0.2, 0) is 13.0 Å². The molecule has 1 aliphatic rings. The number of rotatable bonds is 6. The molecule has 0 saturated heterocycles. The van der Waals surface area contributed by atoms with Gasteiger partial charge in [0.15, 0.2) is 11.6 Å². The fourth-order valence-corrected chi connectivity index (χ4v) is 2.30. The molecule has 110 valence electrons. The second-order valence-electron chi connectivity index (χ2n) is 5.49. The van der Waals surface area contributed by atoms with Crippen LogP contribution >= 0.6 is 0 Å². The fourth-order valence-electron chi connectivity index (χ4n) is 2.30. The predicted molar refractivity (Wildman–Crippen MR) is 82.2 cm³/mol. The Morgan fingerprint density at radius 1 is 1.19 bits per heavy atom. The summed E-state index contributed by atoms with van der Waals surface area (Å²) >= 11 is 0. The van der Waals surface area contributed by atoms with Crippen molar-refractivity contribution in [3.05, 3.63) is 59.4 Å². The van der Waals surface area contributed by atoms with Crippen molar-refractivity contribution >= 4 is 0 Å². The Hall–Kier alpha value is -1.87. The van der Waals surface area contributed by atoms with Gasteiger partial charge in [0.1, 0.15) is 5.75 Å². The number of ether oxygens (including phenoxy) is 1. The monoisotopic (exact) mass is 285 g/mol. The lowest BCUT2D eigenvalue weighted by Crippen LogP contribution is -2.16. The molecule has 0 bridgehead atoms. The van der Waals surface area contributed by atoms with Gasteiger partial charge in [0, 0.05) is 18.2 Å². The molecule has 2 aromatic rings. The highest BCUT2D eigenvalue weighted by molar-refractivity contribution is 5.40. The van der Waals surface area contributed by atoms with E-state index in [-0.39, 0.29) is 5.82 Å². The van der Waals surface area contributed by atoms with Gasteiger partial charge in [-0.15, -0.1) is 0 Å². The highest BCUT2D eigenvalue weighted by Gasteiger charge is 2.21. The van der Waals surface area contributed by atoms with E-state index in [2.05, 4.69) is 12.2 Å². The van der Waals surface area contributed by atoms with E-state index in [0.717, 1.165) is 12.0 Å². The van der Waals surface area contributed by atoms with E-state index in [0.29, 0.717) is 24.1 Å². The van der Waals surface area contributed by atoms with Crippen LogP contribution in [0.3, 0.4) is 0 Å². The molecule has 3 rings (SSSR count). The standard InChI is InChI=1S/C18H20FNO/c1-2-13-5-3-7-16(11-13)21-18-14(6-4-8-17(18)19)12-20-15-9-10-15/h3-8,11,15,20H,2,9-10,12H2,1H3. The summed E-state index contributed by atoms with van der Waals surface area (Å²) in [5, 5.41) is 3.40. The highest BCUT2D eigenvalue weighted by Crippen LogP contribution is 2.30. The first-order chi connectivity index (χ1) is 10.3. The minimum absolute atomic E-state index is 0.313. The third kappa shape index (κ3) is 3.61. The molecule has 0 radical (unpaired) electrons. The SMILES string of the molecule is CCc1cccc(Oc2c(F)cccc2CNC2CC2)c1. The van der Waals surface area contributed by atoms with Gasteiger partial charge in [0.25, 0.3) is 0 Å². The van der Waals surface area contributed by atoms with Crippen LogP contribution in [0, 0.1) is 5.82 Å². The van der Waals surface area contributed by atoms with Gasteiger partial charge in [-0.2, -0.15) is 0 Å². The zero-order valence-electron chi connectivity index (χ0n) is 12.2. The summed E-state index contributed by atoms with van der Waals surface area (Å²) in [4.78, 5) is 0. The molecule has 1 saturated carbocycles. The van der Waals surface area contributed by atoms with Gasteiger partial charge < -0.3 is 10.1 Å². The highest BCUT2D eigenvalue weighted by atomic mass is 19.1. The van der Waals surface area contributed by atoms with E-state index in [9.17, 15) is 4.39 Å². The molecular weight excluding hydrogens is 265 g/mol. The zero-order valence-corrected chi connectivity index (χ0v) is 12.2. The number of halogens is 1. The molecule has 2 nitrogen and oxygen atoms in total. The van der Waals surface area contributed by atoms with Gasteiger partial charge in [-0.1, -0.05) is 31.2 Å². The molecule has 21 heavy (non-hydrogen) atoms. The number of para-hydroxylation sites is 1. The van der Waals surface area contributed by atoms with Crippen molar-refractivity contribution in [1.82, 2.24) is 5.32 Å². The van der Waals surface area contributed by atoms with Crippen molar-refractivity contribution in [2.24, 2.45) is 0 Å². The largest absolute Gasteiger partial charge is 0.454 e. The molecule has 0 spiro atoms. The number of aryl methyl sites for hydroxylation is 1. The van der Waals surface area contributed by atoms with Gasteiger partial charge in [0.05, 0.1) is 0 Å². The molecule has 0 unspecified atom stereocenters. The van der Waals surface area contributed by atoms with Crippen molar-refractivity contribution in [1.29, 1.82) is 0 Å². The van der Waals surface area contributed by atoms with Gasteiger partial charge >= 0.3 is 0 Å². The minimum Gasteiger partial charge on any atom is -0.454 e. The molecule has 0 amide bonds. The molecule has 1 aliphatic carbocycles. The average molecular weight is 285 g/mol. The van der Waals surface area contributed by atoms with E-state index >= 15 is 0 Å². The van der Waals surface area contributed by atoms with Crippen molar-refractivity contribution in [3.8, 4) is 11.5 Å². The first-order valence-electron chi connectivity index (χ1n) is 7.54. The number of nitrogens with one attached hydrogen (secondary N) is 1. The first kappa shape index (κ1) is 14.1. The second-order valence-corrected chi connectivity index (χ2v) is 5.49. The van der Waals surface area contributed by atoms with Crippen LogP contribution in [0.15, 0.2) is 42.5 Å². The minimum atomic E-state index is -0.313. The summed E-state index contributed by atoms with van der Waals surface area (Å²) in [6.07, 6.45) is 3.36. The molecule has 0 aromatic heterocycles. The van der Waals surface area contributed by atoms with Gasteiger partial charge in [0.2, 0.25) is 0 Å². The Balaban J connectivity index is 1.81. The van der Waals surface area contributed by atoms with Crippen LogP contribution in [0.4, 0.5) is 4.39 Å². The number of benzene rings is 2. The van der Waals surface area contributed by atoms with Crippen molar-refractivity contribution < 1.29 is 9.13 Å². The molecule has 0 aliphatic heterocycles. The summed E-state index contributed by atoms with van der Waals surface area (Å²) in [5.41, 5.74) is 2.05. The predicted octanol–water partition coefficient (Wildman–Crippen LogP) is 4.43. The molecule has 2 aromatic carbocycles. The van der Waals surface area contributed by atoms with E-state index in [4.69, 9.17) is 4.74 Å². The normalized spacial score (nSPS) is 14.2. The van der Waals surface area contributed by atoms with Crippen LogP contribution in [-0.4, -0.2) is 6.04 Å². The molecular formula is C18H20FNO. The Morgan fingerprint density at radius 3 is 2.76 bits per heavy atom. The Morgan fingerprint density at radius 2 is 2.00 bits per heavy atom. The van der Waals surface area contributed by atoms with Crippen LogP contribution < -0.4 is 10.1 Å². The van der Waals surface area contributed by atoms with Crippen LogP contribution in [0.5, 0.6) is 11.5 Å². The molecule has 1 fully saturated rings. The fraction of sp³-hybridized carbons (Fsp3) is 0.333. The lowest BCUT2D eigenvalue weighted by Gasteiger charge is -2.13. The van der Waals surface area contributed by atoms with E-state index in [1.165, 1.54) is 24.5 Å². The summed E-state index contributed by atoms with van der Waals surface area (Å²) in [7, 11) is 0. The van der Waals surface area contributed by atoms with E-state index < -0.39 is 0 Å². The maximum Gasteiger partial charge on any atom is 0.167 e. The molecule has 1 N–H and O–H groups in total. The molecule has 0 heterocycles. The second kappa shape index (κ2) is 6.27. The van der Waals surface area contributed by atoms with Crippen molar-refractivity contribution in [2.45, 2.75) is 38.8 Å². The average Bonchev–Trinajstić information content (AvgIpc) is 3.32. The maximum absolute atomic E-state index is 14.1. The zero-order chi connectivity index (χ0) is 14.7. The van der Waals surface area contributed by atoms with Crippen molar-refractivity contribution in [2.75, 3.05) is 0 Å². The summed E-state index contributed by atoms with van der Waals surface area (Å²) < 4.78 is 19.9. The molecule has 3 heteroatoms. The summed E-state index contributed by atoms with van der Waals surface area (Å²) in [5.74, 6) is 0.707. The van der Waals surface area contributed by atoms with E-state index in [1.807, 2.05) is 30.3 Å². The molecule has 0 atom stereocenters. The topological polar surface area (TPSA) is 21.3 Å². The summed E-state index contributed by atoms with van der Waals surface area (Å²) in [6, 6.07) is 13.5. The number of hydrogen-bond donors (Lipinski definition) is 1. The number of hydrogen-bond acceptors (Lipinski definition) is 2. The first-order valence-corrected chi connectivity index (χ1v) is 7.54. The van der Waals surface area contributed by atoms with E-state index in [1.54, 1.807) is 6.07 Å². The van der Waals surface area contributed by atoms with Crippen LogP contribution in [0.25, 0.3) is 0 Å². The quantitative estimate of drug-likeness (QED) is 0.847. The lowest BCUT2D eigenvalue weighted by molar-refractivity contribution is 0.433. The Labute approximate surface area is 125 Å². The van der Waals surface area contributed by atoms with Crippen LogP contribution in [0.2, 0.25) is 0 Å². The Bertz CT molecular complexity index is 622. The third-order valence-corrected chi connectivity index (χ3v) is 3.73. The lowest BCUT2D eigenvalue weighted by atomic mass is 10.1. The third-order valence-electron chi connectivity index (χ3n) is 3.73. The smallest absolute Gasteiger partial charge is 0.167 e.